The molecule has 1 aliphatic heterocycles. The summed E-state index contributed by atoms with van der Waals surface area (Å²) in [5.74, 6) is 0.944. The molecule has 1 N–H and O–H groups in total. The Labute approximate surface area is 129 Å². The van der Waals surface area contributed by atoms with Gasteiger partial charge in [0.05, 0.1) is 0 Å². The van der Waals surface area contributed by atoms with Gasteiger partial charge in [-0.2, -0.15) is 0 Å². The molecule has 2 rings (SSSR count). The van der Waals surface area contributed by atoms with Gasteiger partial charge in [-0.3, -0.25) is 0 Å². The van der Waals surface area contributed by atoms with Crippen molar-refractivity contribution in [1.29, 1.82) is 0 Å². The van der Waals surface area contributed by atoms with E-state index in [-0.39, 0.29) is 0 Å². The highest BCUT2D eigenvalue weighted by Crippen LogP contribution is 2.21. The van der Waals surface area contributed by atoms with Crippen molar-refractivity contribution in [2.75, 3.05) is 46.2 Å². The number of hydrogen-bond donors (Lipinski definition) is 1. The molecule has 0 radical (unpaired) electrons. The van der Waals surface area contributed by atoms with Crippen LogP contribution in [0.4, 0.5) is 5.69 Å². The summed E-state index contributed by atoms with van der Waals surface area (Å²) in [6.07, 6.45) is 2.42. The Bertz CT molecular complexity index is 419. The first-order chi connectivity index (χ1) is 10.0. The van der Waals surface area contributed by atoms with E-state index < -0.39 is 0 Å². The molecule has 0 aromatic heterocycles. The number of hydrogen-bond acceptors (Lipinski definition) is 4. The fraction of sp³-hybridized carbons (Fsp3) is 0.647. The van der Waals surface area contributed by atoms with Gasteiger partial charge in [-0.05, 0) is 65.2 Å². The minimum atomic E-state index is 0.580. The molecule has 0 spiro atoms. The summed E-state index contributed by atoms with van der Waals surface area (Å²) in [4.78, 5) is 4.55. The predicted molar refractivity (Wildman–Crippen MR) is 89.2 cm³/mol. The smallest absolute Gasteiger partial charge is 0.119 e. The fourth-order valence-corrected chi connectivity index (χ4v) is 2.65. The van der Waals surface area contributed by atoms with Gasteiger partial charge in [0.1, 0.15) is 12.4 Å². The molecule has 0 saturated carbocycles. The Hall–Kier alpha value is -1.26. The number of likely N-dealkylation sites (tertiary alicyclic amines) is 1. The van der Waals surface area contributed by atoms with E-state index in [1.54, 1.807) is 0 Å². The second-order valence-corrected chi connectivity index (χ2v) is 6.37. The largest absolute Gasteiger partial charge is 0.492 e. The van der Waals surface area contributed by atoms with Crippen LogP contribution < -0.4 is 10.1 Å². The van der Waals surface area contributed by atoms with Crippen LogP contribution >= 0.6 is 0 Å². The quantitative estimate of drug-likeness (QED) is 0.871. The first-order valence-corrected chi connectivity index (χ1v) is 7.89. The maximum absolute atomic E-state index is 5.72. The third kappa shape index (κ3) is 5.21. The van der Waals surface area contributed by atoms with Crippen LogP contribution in [0.25, 0.3) is 0 Å². The van der Waals surface area contributed by atoms with Crippen LogP contribution in [-0.4, -0.2) is 62.7 Å². The Morgan fingerprint density at radius 2 is 2.00 bits per heavy atom. The lowest BCUT2D eigenvalue weighted by Gasteiger charge is -2.35. The van der Waals surface area contributed by atoms with Crippen LogP contribution in [0.5, 0.6) is 5.75 Å². The fourth-order valence-electron chi connectivity index (χ4n) is 2.65. The van der Waals surface area contributed by atoms with Crippen LogP contribution in [0.15, 0.2) is 24.3 Å². The van der Waals surface area contributed by atoms with Crippen molar-refractivity contribution in [2.45, 2.75) is 31.8 Å². The summed E-state index contributed by atoms with van der Waals surface area (Å²) in [7, 11) is 6.32. The maximum Gasteiger partial charge on any atom is 0.119 e. The van der Waals surface area contributed by atoms with E-state index in [0.717, 1.165) is 18.9 Å². The number of likely N-dealkylation sites (N-methyl/N-ethyl adjacent to an activating group) is 1. The first kappa shape index (κ1) is 16.1. The number of anilines is 1. The molecule has 1 saturated heterocycles. The van der Waals surface area contributed by atoms with Gasteiger partial charge in [0.25, 0.3) is 0 Å². The second-order valence-electron chi connectivity index (χ2n) is 6.37. The zero-order chi connectivity index (χ0) is 15.2. The molecular weight excluding hydrogens is 262 g/mol. The van der Waals surface area contributed by atoms with Crippen molar-refractivity contribution in [3.63, 3.8) is 0 Å². The molecule has 2 atom stereocenters. The SMILES string of the molecule is CC1CC(Nc2ccc(OCCN(C)C)cc2)CCN1C. The number of nitrogens with one attached hydrogen (secondary N) is 1. The molecule has 1 heterocycles. The van der Waals surface area contributed by atoms with Gasteiger partial charge in [0, 0.05) is 30.9 Å². The number of nitrogens with zero attached hydrogens (tertiary/aromatic N) is 2. The molecule has 4 heteroatoms. The molecule has 0 aliphatic carbocycles. The summed E-state index contributed by atoms with van der Waals surface area (Å²) < 4.78 is 5.72. The van der Waals surface area contributed by atoms with Gasteiger partial charge in [-0.15, -0.1) is 0 Å². The summed E-state index contributed by atoms with van der Waals surface area (Å²) in [6, 6.07) is 9.58. The van der Waals surface area contributed by atoms with E-state index in [1.165, 1.54) is 25.1 Å². The van der Waals surface area contributed by atoms with Gasteiger partial charge in [-0.1, -0.05) is 0 Å². The Morgan fingerprint density at radius 3 is 2.62 bits per heavy atom. The van der Waals surface area contributed by atoms with Crippen LogP contribution in [0.2, 0.25) is 0 Å². The summed E-state index contributed by atoms with van der Waals surface area (Å²) in [5.41, 5.74) is 1.19. The standard InChI is InChI=1S/C17H29N3O/c1-14-13-16(9-10-20(14)4)18-15-5-7-17(8-6-15)21-12-11-19(2)3/h5-8,14,16,18H,9-13H2,1-4H3. The average molecular weight is 291 g/mol. The van der Waals surface area contributed by atoms with Gasteiger partial charge in [0.15, 0.2) is 0 Å². The molecule has 4 nitrogen and oxygen atoms in total. The predicted octanol–water partition coefficient (Wildman–Crippen LogP) is 2.52. The monoisotopic (exact) mass is 291 g/mol. The number of ether oxygens (including phenoxy) is 1. The molecular formula is C17H29N3O. The van der Waals surface area contributed by atoms with Crippen LogP contribution in [0.1, 0.15) is 19.8 Å². The number of benzene rings is 1. The summed E-state index contributed by atoms with van der Waals surface area (Å²) in [6.45, 7) is 5.14. The Balaban J connectivity index is 1.79. The third-order valence-corrected chi connectivity index (χ3v) is 4.24. The van der Waals surface area contributed by atoms with E-state index in [4.69, 9.17) is 4.74 Å². The van der Waals surface area contributed by atoms with Crippen molar-refractivity contribution >= 4 is 5.69 Å². The molecule has 1 aliphatic rings. The van der Waals surface area contributed by atoms with E-state index >= 15 is 0 Å². The molecule has 1 aromatic carbocycles. The third-order valence-electron chi connectivity index (χ3n) is 4.24. The second kappa shape index (κ2) is 7.66. The van der Waals surface area contributed by atoms with Crippen LogP contribution in [-0.2, 0) is 0 Å². The van der Waals surface area contributed by atoms with E-state index in [2.05, 4.69) is 67.4 Å². The van der Waals surface area contributed by atoms with E-state index in [9.17, 15) is 0 Å². The van der Waals surface area contributed by atoms with Crippen molar-refractivity contribution < 1.29 is 4.74 Å². The molecule has 2 unspecified atom stereocenters. The minimum Gasteiger partial charge on any atom is -0.492 e. The zero-order valence-electron chi connectivity index (χ0n) is 13.8. The van der Waals surface area contributed by atoms with E-state index in [0.29, 0.717) is 12.1 Å². The molecule has 0 bridgehead atoms. The summed E-state index contributed by atoms with van der Waals surface area (Å²) in [5, 5.41) is 3.64. The molecule has 118 valence electrons. The topological polar surface area (TPSA) is 27.7 Å². The van der Waals surface area contributed by atoms with Crippen LogP contribution in [0, 0.1) is 0 Å². The van der Waals surface area contributed by atoms with Crippen molar-refractivity contribution in [3.05, 3.63) is 24.3 Å². The zero-order valence-corrected chi connectivity index (χ0v) is 13.8. The Kier molecular flexibility index (Phi) is 5.88. The van der Waals surface area contributed by atoms with E-state index in [1.807, 2.05) is 0 Å². The summed E-state index contributed by atoms with van der Waals surface area (Å²) >= 11 is 0. The molecule has 0 amide bonds. The average Bonchev–Trinajstić information content (AvgIpc) is 2.44. The molecule has 1 fully saturated rings. The molecule has 1 aromatic rings. The molecule has 21 heavy (non-hydrogen) atoms. The number of piperidine rings is 1. The first-order valence-electron chi connectivity index (χ1n) is 7.89. The van der Waals surface area contributed by atoms with Crippen LogP contribution in [0.3, 0.4) is 0 Å². The van der Waals surface area contributed by atoms with Gasteiger partial charge in [0.2, 0.25) is 0 Å². The number of rotatable bonds is 6. The lowest BCUT2D eigenvalue weighted by molar-refractivity contribution is 0.190. The van der Waals surface area contributed by atoms with Crippen molar-refractivity contribution in [1.82, 2.24) is 9.80 Å². The normalized spacial score (nSPS) is 23.3. The lowest BCUT2D eigenvalue weighted by Crippen LogP contribution is -2.42. The highest BCUT2D eigenvalue weighted by atomic mass is 16.5. The highest BCUT2D eigenvalue weighted by Gasteiger charge is 2.22. The van der Waals surface area contributed by atoms with Gasteiger partial charge >= 0.3 is 0 Å². The van der Waals surface area contributed by atoms with Gasteiger partial charge in [-0.25, -0.2) is 0 Å². The highest BCUT2D eigenvalue weighted by molar-refractivity contribution is 5.47. The maximum atomic E-state index is 5.72. The van der Waals surface area contributed by atoms with Crippen molar-refractivity contribution in [2.24, 2.45) is 0 Å². The lowest BCUT2D eigenvalue weighted by atomic mass is 9.99. The Morgan fingerprint density at radius 1 is 1.29 bits per heavy atom. The van der Waals surface area contributed by atoms with Gasteiger partial charge < -0.3 is 19.9 Å². The minimum absolute atomic E-state index is 0.580. The van der Waals surface area contributed by atoms with Crippen molar-refractivity contribution in [3.8, 4) is 5.75 Å².